The van der Waals surface area contributed by atoms with Crippen LogP contribution in [0, 0.1) is 0 Å². The first kappa shape index (κ1) is 12.1. The van der Waals surface area contributed by atoms with Gasteiger partial charge in [0, 0.05) is 5.56 Å². The molecule has 17 heavy (non-hydrogen) atoms. The summed E-state index contributed by atoms with van der Waals surface area (Å²) >= 11 is 3.05. The Morgan fingerprint density at radius 3 is 2.82 bits per heavy atom. The van der Waals surface area contributed by atoms with Crippen LogP contribution in [-0.4, -0.2) is 28.3 Å². The number of halogens is 1. The normalized spacial score (nSPS) is 23.1. The molecule has 5 heteroatoms. The number of rotatable bonds is 2. The van der Waals surface area contributed by atoms with Gasteiger partial charge in [0.15, 0.2) is 10.1 Å². The maximum atomic E-state index is 12.1. The number of fused-ring (bicyclic) bond motifs is 1. The molecular weight excluding hydrogens is 288 g/mol. The number of ether oxygens (including phenoxy) is 1. The quantitative estimate of drug-likeness (QED) is 0.670. The molecule has 2 rings (SSSR count). The van der Waals surface area contributed by atoms with Gasteiger partial charge < -0.3 is 9.84 Å². The van der Waals surface area contributed by atoms with Crippen molar-refractivity contribution < 1.29 is 19.4 Å². The molecule has 0 spiro atoms. The van der Waals surface area contributed by atoms with E-state index in [2.05, 4.69) is 15.9 Å². The lowest BCUT2D eigenvalue weighted by molar-refractivity contribution is -0.138. The molecule has 1 aliphatic rings. The Labute approximate surface area is 107 Å². The van der Waals surface area contributed by atoms with Gasteiger partial charge in [-0.15, -0.1) is 0 Å². The fraction of sp³-hybridized carbons (Fsp3) is 0.333. The van der Waals surface area contributed by atoms with Gasteiger partial charge in [-0.25, -0.2) is 0 Å². The Kier molecular flexibility index (Phi) is 2.95. The molecule has 0 saturated heterocycles. The predicted octanol–water partition coefficient (Wildman–Crippen LogP) is 2.04. The van der Waals surface area contributed by atoms with Crippen molar-refractivity contribution in [1.82, 2.24) is 0 Å². The lowest BCUT2D eigenvalue weighted by Crippen LogP contribution is -2.44. The minimum Gasteiger partial charge on any atom is -0.497 e. The van der Waals surface area contributed by atoms with E-state index in [1.165, 1.54) is 0 Å². The van der Waals surface area contributed by atoms with Gasteiger partial charge in [0.05, 0.1) is 7.11 Å². The van der Waals surface area contributed by atoms with E-state index >= 15 is 0 Å². The van der Waals surface area contributed by atoms with E-state index in [4.69, 9.17) is 9.84 Å². The van der Waals surface area contributed by atoms with Crippen molar-refractivity contribution in [1.29, 1.82) is 0 Å². The molecule has 1 unspecified atom stereocenters. The summed E-state index contributed by atoms with van der Waals surface area (Å²) in [5.74, 6) is -0.855. The second-order valence-electron chi connectivity index (χ2n) is 3.96. The fourth-order valence-electron chi connectivity index (χ4n) is 1.96. The van der Waals surface area contributed by atoms with Crippen LogP contribution < -0.4 is 4.74 Å². The monoisotopic (exact) mass is 298 g/mol. The number of carbonyl (C=O) groups is 2. The van der Waals surface area contributed by atoms with Crippen LogP contribution in [0.1, 0.15) is 22.3 Å². The number of alkyl halides is 1. The molecule has 4 nitrogen and oxygen atoms in total. The van der Waals surface area contributed by atoms with Crippen molar-refractivity contribution >= 4 is 27.7 Å². The van der Waals surface area contributed by atoms with Crippen LogP contribution >= 0.6 is 15.9 Å². The van der Waals surface area contributed by atoms with Crippen LogP contribution in [-0.2, 0) is 11.2 Å². The summed E-state index contributed by atoms with van der Waals surface area (Å²) in [6, 6.07) is 5.06. The van der Waals surface area contributed by atoms with Gasteiger partial charge >= 0.3 is 5.97 Å². The van der Waals surface area contributed by atoms with Crippen LogP contribution in [0.3, 0.4) is 0 Å². The lowest BCUT2D eigenvalue weighted by Gasteiger charge is -2.27. The predicted molar refractivity (Wildman–Crippen MR) is 64.9 cm³/mol. The molecule has 1 N–H and O–H groups in total. The van der Waals surface area contributed by atoms with E-state index in [1.807, 2.05) is 0 Å². The second-order valence-corrected chi connectivity index (χ2v) is 5.31. The van der Waals surface area contributed by atoms with Gasteiger partial charge in [-0.2, -0.15) is 0 Å². The Balaban J connectivity index is 2.47. The zero-order valence-electron chi connectivity index (χ0n) is 9.20. The number of aliphatic carboxylic acids is 1. The van der Waals surface area contributed by atoms with Crippen molar-refractivity contribution in [3.05, 3.63) is 29.3 Å². The first-order chi connectivity index (χ1) is 7.99. The van der Waals surface area contributed by atoms with Crippen LogP contribution in [0.5, 0.6) is 5.75 Å². The summed E-state index contributed by atoms with van der Waals surface area (Å²) in [4.78, 5) is 23.2. The molecule has 0 aliphatic heterocycles. The van der Waals surface area contributed by atoms with Crippen molar-refractivity contribution in [2.45, 2.75) is 17.2 Å². The third-order valence-corrected chi connectivity index (χ3v) is 4.09. The van der Waals surface area contributed by atoms with Gasteiger partial charge in [-0.1, -0.05) is 15.9 Å². The largest absolute Gasteiger partial charge is 0.497 e. The summed E-state index contributed by atoms with van der Waals surface area (Å²) in [6.45, 7) is 0. The number of hydrogen-bond donors (Lipinski definition) is 1. The third kappa shape index (κ3) is 1.84. The number of carbonyl (C=O) groups excluding carboxylic acids is 1. The van der Waals surface area contributed by atoms with E-state index in [0.717, 1.165) is 5.56 Å². The zero-order chi connectivity index (χ0) is 12.6. The van der Waals surface area contributed by atoms with Crippen molar-refractivity contribution in [3.8, 4) is 5.75 Å². The Morgan fingerprint density at radius 2 is 2.24 bits per heavy atom. The average molecular weight is 299 g/mol. The Bertz CT molecular complexity index is 497. The minimum absolute atomic E-state index is 0.251. The molecule has 1 aromatic rings. The van der Waals surface area contributed by atoms with E-state index in [-0.39, 0.29) is 6.42 Å². The van der Waals surface area contributed by atoms with Crippen molar-refractivity contribution in [2.75, 3.05) is 7.11 Å². The highest BCUT2D eigenvalue weighted by molar-refractivity contribution is 9.10. The summed E-state index contributed by atoms with van der Waals surface area (Å²) in [6.07, 6.45) is 0.789. The molecule has 0 amide bonds. The fourth-order valence-corrected chi connectivity index (χ4v) is 2.38. The van der Waals surface area contributed by atoms with Crippen molar-refractivity contribution in [3.63, 3.8) is 0 Å². The van der Waals surface area contributed by atoms with Crippen LogP contribution in [0.4, 0.5) is 0 Å². The first-order valence-corrected chi connectivity index (χ1v) is 5.92. The molecule has 0 heterocycles. The zero-order valence-corrected chi connectivity index (χ0v) is 10.8. The second kappa shape index (κ2) is 4.14. The first-order valence-electron chi connectivity index (χ1n) is 5.13. The molecule has 0 aromatic heterocycles. The number of ketones is 1. The van der Waals surface area contributed by atoms with E-state index in [1.54, 1.807) is 25.3 Å². The van der Waals surface area contributed by atoms with Crippen LogP contribution in [0.25, 0.3) is 0 Å². The summed E-state index contributed by atoms with van der Waals surface area (Å²) in [5.41, 5.74) is 1.29. The highest BCUT2D eigenvalue weighted by atomic mass is 79.9. The van der Waals surface area contributed by atoms with Gasteiger partial charge in [-0.3, -0.25) is 9.59 Å². The Hall–Kier alpha value is -1.36. The summed E-state index contributed by atoms with van der Waals surface area (Å²) < 4.78 is 3.60. The maximum Gasteiger partial charge on any atom is 0.328 e. The minimum atomic E-state index is -1.48. The lowest BCUT2D eigenvalue weighted by atomic mass is 9.82. The topological polar surface area (TPSA) is 63.6 Å². The molecular formula is C12H11BrO4. The van der Waals surface area contributed by atoms with Gasteiger partial charge in [0.2, 0.25) is 0 Å². The number of hydrogen-bond acceptors (Lipinski definition) is 3. The SMILES string of the molecule is COc1ccc2c(c1)CCC(Br)(C(=O)O)C2=O. The van der Waals surface area contributed by atoms with Gasteiger partial charge in [0.1, 0.15) is 5.75 Å². The van der Waals surface area contributed by atoms with Crippen LogP contribution in [0.15, 0.2) is 18.2 Å². The molecule has 0 saturated carbocycles. The molecule has 0 bridgehead atoms. The van der Waals surface area contributed by atoms with Crippen molar-refractivity contribution in [2.24, 2.45) is 0 Å². The molecule has 0 fully saturated rings. The number of carboxylic acids is 1. The number of benzene rings is 1. The van der Waals surface area contributed by atoms with E-state index in [0.29, 0.717) is 17.7 Å². The van der Waals surface area contributed by atoms with Crippen LogP contribution in [0.2, 0.25) is 0 Å². The smallest absolute Gasteiger partial charge is 0.328 e. The third-order valence-electron chi connectivity index (χ3n) is 2.99. The number of aryl methyl sites for hydroxylation is 1. The summed E-state index contributed by atoms with van der Waals surface area (Å²) in [5, 5.41) is 9.10. The van der Waals surface area contributed by atoms with E-state index < -0.39 is 16.1 Å². The number of methoxy groups -OCH3 is 1. The van der Waals surface area contributed by atoms with Gasteiger partial charge in [-0.05, 0) is 36.6 Å². The standard InChI is InChI=1S/C12H11BrO4/c1-17-8-2-3-9-7(6-8)4-5-12(13,10(9)14)11(15)16/h2-3,6H,4-5H2,1H3,(H,15,16). The molecule has 1 aromatic carbocycles. The molecule has 1 aliphatic carbocycles. The highest BCUT2D eigenvalue weighted by Gasteiger charge is 2.47. The number of carboxylic acid groups (broad SMARTS) is 1. The molecule has 0 radical (unpaired) electrons. The average Bonchev–Trinajstić information content (AvgIpc) is 2.33. The maximum absolute atomic E-state index is 12.1. The Morgan fingerprint density at radius 1 is 1.53 bits per heavy atom. The molecule has 1 atom stereocenters. The highest BCUT2D eigenvalue weighted by Crippen LogP contribution is 2.36. The van der Waals surface area contributed by atoms with Gasteiger partial charge in [0.25, 0.3) is 0 Å². The van der Waals surface area contributed by atoms with E-state index in [9.17, 15) is 9.59 Å². The summed E-state index contributed by atoms with van der Waals surface area (Å²) in [7, 11) is 1.55. The number of Topliss-reactive ketones (excluding diaryl/α,β-unsaturated/α-hetero) is 1. The molecule has 90 valence electrons.